The van der Waals surface area contributed by atoms with E-state index in [0.717, 1.165) is 4.90 Å². The fourth-order valence-electron chi connectivity index (χ4n) is 0.252. The van der Waals surface area contributed by atoms with Crippen molar-refractivity contribution in [1.29, 1.82) is 0 Å². The molecule has 1 atom stereocenters. The van der Waals surface area contributed by atoms with Crippen molar-refractivity contribution in [1.82, 2.24) is 10.2 Å². The molecular formula is C4H10N2. The van der Waals surface area contributed by atoms with Crippen LogP contribution >= 0.6 is 0 Å². The molecule has 2 nitrogen and oxygen atoms in total. The first kappa shape index (κ1) is 1.01. The largest absolute Gasteiger partial charge is 0.303 e. The Hall–Kier alpha value is -0.0800. The van der Waals surface area contributed by atoms with Crippen LogP contribution in [0.15, 0.2) is 0 Å². The Kier molecular flexibility index (Phi) is 0.265. The molecule has 1 fully saturated rings. The fraction of sp³-hybridized carbons (Fsp3) is 1.00. The molecule has 0 bridgehead atoms. The van der Waals surface area contributed by atoms with Crippen LogP contribution in [0, 0.1) is 0 Å². The molecule has 0 spiro atoms. The molecule has 1 aliphatic heterocycles. The first-order valence-electron chi connectivity index (χ1n) is 4.69. The number of likely N-dealkylation sites (N-methyl/N-ethyl adjacent to an activating group) is 1. The van der Waals surface area contributed by atoms with Gasteiger partial charge in [0.2, 0.25) is 0 Å². The van der Waals surface area contributed by atoms with Crippen LogP contribution in [0.25, 0.3) is 0 Å². The highest BCUT2D eigenvalue weighted by Gasteiger charge is 2.01. The van der Waals surface area contributed by atoms with Crippen LogP contribution in [0.3, 0.4) is 0 Å². The van der Waals surface area contributed by atoms with E-state index in [9.17, 15) is 0 Å². The highest BCUT2D eigenvalue weighted by molar-refractivity contribution is 4.59. The maximum absolute atomic E-state index is 7.28. The molecule has 0 saturated carbocycles. The zero-order valence-electron chi connectivity index (χ0n) is 9.47. The summed E-state index contributed by atoms with van der Waals surface area (Å²) in [6.07, 6.45) is 0. The zero-order chi connectivity index (χ0) is 9.73. The topological polar surface area (TPSA) is 15.3 Å². The van der Waals surface area contributed by atoms with Crippen molar-refractivity contribution in [2.75, 3.05) is 26.7 Å². The second-order valence-corrected chi connectivity index (χ2v) is 1.08. The first-order chi connectivity index (χ1) is 5.22. The zero-order valence-corrected chi connectivity index (χ0v) is 3.47. The molecule has 2 heteroatoms. The second kappa shape index (κ2) is 1.58. The number of hydrogen-bond acceptors (Lipinski definition) is 2. The minimum atomic E-state index is -2.27. The van der Waals surface area contributed by atoms with Crippen LogP contribution in [-0.2, 0) is 0 Å². The lowest BCUT2D eigenvalue weighted by Crippen LogP contribution is -2.15. The number of nitrogens with one attached hydrogen (secondary N) is 1. The van der Waals surface area contributed by atoms with E-state index in [1.165, 1.54) is 7.05 Å². The Morgan fingerprint density at radius 3 is 3.17 bits per heavy atom. The van der Waals surface area contributed by atoms with Gasteiger partial charge in [-0.2, -0.15) is 0 Å². The fourth-order valence-corrected chi connectivity index (χ4v) is 0.252. The van der Waals surface area contributed by atoms with Gasteiger partial charge in [0.05, 0.1) is 2.74 Å². The monoisotopic (exact) mass is 92.1 g/mol. The van der Waals surface area contributed by atoms with Crippen LogP contribution in [0.1, 0.15) is 6.85 Å². The maximum Gasteiger partial charge on any atom is 0.124 e. The van der Waals surface area contributed by atoms with E-state index in [0.29, 0.717) is 0 Å². The molecule has 0 amide bonds. The first-order valence-corrected chi connectivity index (χ1v) is 1.66. The normalized spacial score (nSPS) is 72.5. The molecule has 1 rings (SSSR count). The molecule has 1 N–H and O–H groups in total. The maximum atomic E-state index is 7.28. The summed E-state index contributed by atoms with van der Waals surface area (Å²) in [4.78, 5) is 0.875. The van der Waals surface area contributed by atoms with Crippen molar-refractivity contribution in [3.8, 4) is 0 Å². The molecule has 0 aromatic carbocycles. The minimum Gasteiger partial charge on any atom is -0.303 e. The summed E-state index contributed by atoms with van der Waals surface area (Å²) < 4.78 is 43.3. The number of rotatable bonds is 0. The molecule has 1 saturated heterocycles. The van der Waals surface area contributed by atoms with Gasteiger partial charge >= 0.3 is 0 Å². The van der Waals surface area contributed by atoms with Crippen LogP contribution in [0.2, 0.25) is 1.41 Å². The predicted molar refractivity (Wildman–Crippen MR) is 25.5 cm³/mol. The van der Waals surface area contributed by atoms with Gasteiger partial charge in [0.15, 0.2) is 0 Å². The average molecular weight is 92.2 g/mol. The number of hydrogen-bond donors (Lipinski definition) is 1. The van der Waals surface area contributed by atoms with Crippen molar-refractivity contribution in [3.05, 3.63) is 0 Å². The standard InChI is InChI=1S/C4H10N2/c1-6-3-2-5-4-6/h5H,2-4H2,1H3/i2D2,3D,4D2/hD. The van der Waals surface area contributed by atoms with Gasteiger partial charge < -0.3 is 5.31 Å². The molecule has 6 heavy (non-hydrogen) atoms. The molecule has 1 aliphatic rings. The second-order valence-electron chi connectivity index (χ2n) is 1.08. The van der Waals surface area contributed by atoms with E-state index in [-0.39, 0.29) is 5.31 Å². The molecule has 0 aliphatic carbocycles. The van der Waals surface area contributed by atoms with Gasteiger partial charge in [-0.05, 0) is 7.05 Å². The highest BCUT2D eigenvalue weighted by atomic mass is 15.3. The summed E-state index contributed by atoms with van der Waals surface area (Å²) in [5.74, 6) is 0. The quantitative estimate of drug-likeness (QED) is 0.432. The van der Waals surface area contributed by atoms with E-state index in [1.807, 2.05) is 0 Å². The Morgan fingerprint density at radius 2 is 3.00 bits per heavy atom. The lowest BCUT2D eigenvalue weighted by atomic mass is 10.7. The summed E-state index contributed by atoms with van der Waals surface area (Å²) in [6, 6.07) is 0. The van der Waals surface area contributed by atoms with E-state index in [1.54, 1.807) is 0 Å². The van der Waals surface area contributed by atoms with Crippen LogP contribution in [0.4, 0.5) is 0 Å². The van der Waals surface area contributed by atoms with Gasteiger partial charge in [0, 0.05) is 23.8 Å². The Morgan fingerprint density at radius 1 is 2.17 bits per heavy atom. The van der Waals surface area contributed by atoms with Gasteiger partial charge in [-0.1, -0.05) is 0 Å². The van der Waals surface area contributed by atoms with Gasteiger partial charge in [-0.3, -0.25) is 4.90 Å². The van der Waals surface area contributed by atoms with Crippen molar-refractivity contribution in [3.63, 3.8) is 0 Å². The predicted octanol–water partition coefficient (Wildman–Crippen LogP) is -0.521. The molecule has 0 radical (unpaired) electrons. The van der Waals surface area contributed by atoms with Crippen LogP contribution in [-0.4, -0.2) is 31.6 Å². The van der Waals surface area contributed by atoms with Crippen LogP contribution in [0.5, 0.6) is 0 Å². The number of nitrogens with zero attached hydrogens (tertiary/aromatic N) is 1. The van der Waals surface area contributed by atoms with E-state index < -0.39 is 19.6 Å². The summed E-state index contributed by atoms with van der Waals surface area (Å²) in [5.41, 5.74) is 0. The lowest BCUT2D eigenvalue weighted by molar-refractivity contribution is 0.412. The van der Waals surface area contributed by atoms with Crippen molar-refractivity contribution in [2.24, 2.45) is 0 Å². The summed E-state index contributed by atoms with van der Waals surface area (Å²) in [5, 5.41) is 0.178. The van der Waals surface area contributed by atoms with E-state index in [4.69, 9.17) is 8.27 Å². The van der Waals surface area contributed by atoms with Gasteiger partial charge in [-0.15, -0.1) is 0 Å². The summed E-state index contributed by atoms with van der Waals surface area (Å²) in [7, 11) is 1.28. The Balaban J connectivity index is 3.03. The third kappa shape index (κ3) is 0.698. The molecule has 1 unspecified atom stereocenters. The third-order valence-electron chi connectivity index (χ3n) is 0.524. The van der Waals surface area contributed by atoms with Crippen molar-refractivity contribution < 1.29 is 8.27 Å². The Bertz CT molecular complexity index is 174. The van der Waals surface area contributed by atoms with Crippen molar-refractivity contribution >= 4 is 0 Å². The molecular weight excluding hydrogens is 76.1 g/mol. The molecule has 0 aromatic heterocycles. The minimum absolute atomic E-state index is 0.178. The smallest absolute Gasteiger partial charge is 0.124 e. The van der Waals surface area contributed by atoms with E-state index in [2.05, 4.69) is 0 Å². The van der Waals surface area contributed by atoms with Crippen LogP contribution < -0.4 is 5.31 Å². The third-order valence-corrected chi connectivity index (χ3v) is 0.524. The van der Waals surface area contributed by atoms with Gasteiger partial charge in [0.1, 0.15) is 1.41 Å². The molecule has 0 aromatic rings. The lowest BCUT2D eigenvalue weighted by Gasteiger charge is -1.99. The Labute approximate surface area is 46.6 Å². The molecule has 1 heterocycles. The SMILES string of the molecule is [2H]C1N(C)C([2H])([2H])N([2H])C1([2H])[2H]. The average Bonchev–Trinajstić information content (AvgIpc) is 2.06. The highest BCUT2D eigenvalue weighted by Crippen LogP contribution is 1.82. The van der Waals surface area contributed by atoms with E-state index >= 15 is 0 Å². The summed E-state index contributed by atoms with van der Waals surface area (Å²) in [6.45, 7) is -5.85. The van der Waals surface area contributed by atoms with Gasteiger partial charge in [0.25, 0.3) is 0 Å². The van der Waals surface area contributed by atoms with Crippen molar-refractivity contribution in [2.45, 2.75) is 0 Å². The summed E-state index contributed by atoms with van der Waals surface area (Å²) >= 11 is 0. The van der Waals surface area contributed by atoms with Gasteiger partial charge in [-0.25, -0.2) is 0 Å². The molecule has 36 valence electrons.